The number of esters is 1. The summed E-state index contributed by atoms with van der Waals surface area (Å²) in [4.78, 5) is 24.7. The molecule has 0 amide bonds. The van der Waals surface area contributed by atoms with Crippen molar-refractivity contribution in [3.8, 4) is 5.75 Å². The van der Waals surface area contributed by atoms with E-state index in [4.69, 9.17) is 9.15 Å². The number of hydrogen-bond donors (Lipinski definition) is 1. The number of fused-ring (bicyclic) bond motifs is 1. The third-order valence-corrected chi connectivity index (χ3v) is 6.65. The fourth-order valence-electron chi connectivity index (χ4n) is 3.36. The molecule has 1 aromatic heterocycles. The van der Waals surface area contributed by atoms with Gasteiger partial charge in [0.1, 0.15) is 17.4 Å². The summed E-state index contributed by atoms with van der Waals surface area (Å²) in [6.07, 6.45) is 2.38. The molecule has 0 unspecified atom stereocenters. The Kier molecular flexibility index (Phi) is 7.48. The van der Waals surface area contributed by atoms with Crippen molar-refractivity contribution in [3.05, 3.63) is 70.1 Å². The number of carbonyl (C=O) groups is 1. The van der Waals surface area contributed by atoms with Gasteiger partial charge in [-0.05, 0) is 49.6 Å². The maximum absolute atomic E-state index is 12.9. The highest BCUT2D eigenvalue weighted by Crippen LogP contribution is 2.24. The minimum atomic E-state index is -3.90. The number of carbonyl (C=O) groups excluding carboxylic acids is 1. The monoisotopic (exact) mass is 457 g/mol. The van der Waals surface area contributed by atoms with Crippen molar-refractivity contribution < 1.29 is 22.4 Å². The molecule has 2 aromatic carbocycles. The number of nitrogens with one attached hydrogen (secondary N) is 1. The first-order valence-corrected chi connectivity index (χ1v) is 12.1. The molecule has 1 atom stereocenters. The van der Waals surface area contributed by atoms with Crippen LogP contribution in [-0.4, -0.2) is 20.4 Å². The van der Waals surface area contributed by atoms with Crippen molar-refractivity contribution >= 4 is 27.0 Å². The standard InChI is InChI=1S/C24H27NO6S/c1-4-6-7-21(25-32(28,29)19-11-8-16(3)9-12-19)24(27)30-18-10-13-20-17(5-2)14-23(26)31-22(20)15-18/h8-15,21,25H,4-7H2,1-3H3/t21-/m0/s1. The van der Waals surface area contributed by atoms with Crippen LogP contribution in [0, 0.1) is 6.92 Å². The molecule has 32 heavy (non-hydrogen) atoms. The normalized spacial score (nSPS) is 12.6. The molecule has 170 valence electrons. The van der Waals surface area contributed by atoms with E-state index >= 15 is 0 Å². The summed E-state index contributed by atoms with van der Waals surface area (Å²) in [7, 11) is -3.90. The Hall–Kier alpha value is -2.97. The fourth-order valence-corrected chi connectivity index (χ4v) is 4.58. The van der Waals surface area contributed by atoms with Crippen molar-refractivity contribution in [3.63, 3.8) is 0 Å². The molecule has 0 saturated heterocycles. The zero-order chi connectivity index (χ0) is 23.3. The molecule has 3 rings (SSSR count). The Morgan fingerprint density at radius 3 is 2.47 bits per heavy atom. The molecule has 7 nitrogen and oxygen atoms in total. The number of aryl methyl sites for hydroxylation is 2. The Labute approximate surface area is 187 Å². The Morgan fingerprint density at radius 1 is 1.09 bits per heavy atom. The van der Waals surface area contributed by atoms with E-state index in [1.807, 2.05) is 20.8 Å². The van der Waals surface area contributed by atoms with Crippen LogP contribution in [0.2, 0.25) is 0 Å². The van der Waals surface area contributed by atoms with Crippen LogP contribution in [-0.2, 0) is 21.2 Å². The second kappa shape index (κ2) is 10.1. The Morgan fingerprint density at radius 2 is 1.81 bits per heavy atom. The second-order valence-corrected chi connectivity index (χ2v) is 9.37. The number of rotatable bonds is 9. The zero-order valence-electron chi connectivity index (χ0n) is 18.4. The molecular weight excluding hydrogens is 430 g/mol. The third-order valence-electron chi connectivity index (χ3n) is 5.16. The van der Waals surface area contributed by atoms with Gasteiger partial charge in [0.05, 0.1) is 4.90 Å². The van der Waals surface area contributed by atoms with Crippen LogP contribution in [0.15, 0.2) is 62.6 Å². The smallest absolute Gasteiger partial charge is 0.336 e. The van der Waals surface area contributed by atoms with E-state index in [-0.39, 0.29) is 10.6 Å². The SMILES string of the molecule is CCCC[C@H](NS(=O)(=O)c1ccc(C)cc1)C(=O)Oc1ccc2c(CC)cc(=O)oc2c1. The predicted molar refractivity (Wildman–Crippen MR) is 122 cm³/mol. The summed E-state index contributed by atoms with van der Waals surface area (Å²) in [5.74, 6) is -0.544. The maximum Gasteiger partial charge on any atom is 0.336 e. The third kappa shape index (κ3) is 5.63. The first-order chi connectivity index (χ1) is 15.2. The number of unbranched alkanes of at least 4 members (excludes halogenated alkanes) is 1. The van der Waals surface area contributed by atoms with Crippen LogP contribution in [0.3, 0.4) is 0 Å². The molecule has 0 radical (unpaired) electrons. The van der Waals surface area contributed by atoms with Crippen LogP contribution < -0.4 is 15.1 Å². The number of ether oxygens (including phenoxy) is 1. The molecule has 0 bridgehead atoms. The molecule has 0 aliphatic rings. The summed E-state index contributed by atoms with van der Waals surface area (Å²) >= 11 is 0. The molecule has 3 aromatic rings. The second-order valence-electron chi connectivity index (χ2n) is 7.65. The quantitative estimate of drug-likeness (QED) is 0.295. The highest BCUT2D eigenvalue weighted by molar-refractivity contribution is 7.89. The average molecular weight is 458 g/mol. The highest BCUT2D eigenvalue weighted by Gasteiger charge is 2.27. The van der Waals surface area contributed by atoms with Crippen molar-refractivity contribution in [1.82, 2.24) is 4.72 Å². The van der Waals surface area contributed by atoms with Gasteiger partial charge in [0.25, 0.3) is 0 Å². The van der Waals surface area contributed by atoms with E-state index in [0.29, 0.717) is 24.8 Å². The lowest BCUT2D eigenvalue weighted by Crippen LogP contribution is -2.42. The van der Waals surface area contributed by atoms with E-state index in [1.165, 1.54) is 24.3 Å². The summed E-state index contributed by atoms with van der Waals surface area (Å²) in [6.45, 7) is 5.74. The first-order valence-electron chi connectivity index (χ1n) is 10.6. The molecular formula is C24H27NO6S. The van der Waals surface area contributed by atoms with Gasteiger partial charge in [0.15, 0.2) is 0 Å². The molecule has 0 fully saturated rings. The van der Waals surface area contributed by atoms with Gasteiger partial charge in [-0.1, -0.05) is 44.4 Å². The molecule has 8 heteroatoms. The van der Waals surface area contributed by atoms with Gasteiger partial charge in [-0.3, -0.25) is 0 Å². The maximum atomic E-state index is 12.9. The Balaban J connectivity index is 1.84. The van der Waals surface area contributed by atoms with Crippen molar-refractivity contribution in [2.75, 3.05) is 0 Å². The van der Waals surface area contributed by atoms with Crippen LogP contribution in [0.4, 0.5) is 0 Å². The van der Waals surface area contributed by atoms with Gasteiger partial charge in [0.2, 0.25) is 10.0 Å². The Bertz CT molecular complexity index is 1260. The van der Waals surface area contributed by atoms with Crippen LogP contribution in [0.1, 0.15) is 44.2 Å². The van der Waals surface area contributed by atoms with Gasteiger partial charge >= 0.3 is 11.6 Å². The van der Waals surface area contributed by atoms with Gasteiger partial charge in [0, 0.05) is 17.5 Å². The molecule has 0 spiro atoms. The lowest BCUT2D eigenvalue weighted by molar-refractivity contribution is -0.136. The minimum Gasteiger partial charge on any atom is -0.425 e. The zero-order valence-corrected chi connectivity index (χ0v) is 19.2. The molecule has 0 saturated carbocycles. The van der Waals surface area contributed by atoms with Gasteiger partial charge in [-0.25, -0.2) is 18.0 Å². The molecule has 0 aliphatic carbocycles. The lowest BCUT2D eigenvalue weighted by Gasteiger charge is -2.18. The summed E-state index contributed by atoms with van der Waals surface area (Å²) in [5.41, 5.74) is 1.59. The van der Waals surface area contributed by atoms with Gasteiger partial charge in [-0.2, -0.15) is 4.72 Å². The van der Waals surface area contributed by atoms with Gasteiger partial charge in [-0.15, -0.1) is 0 Å². The van der Waals surface area contributed by atoms with E-state index in [2.05, 4.69) is 4.72 Å². The summed E-state index contributed by atoms with van der Waals surface area (Å²) in [6, 6.07) is 11.6. The van der Waals surface area contributed by atoms with E-state index in [1.54, 1.807) is 24.3 Å². The number of sulfonamides is 1. The first kappa shape index (κ1) is 23.7. The van der Waals surface area contributed by atoms with Crippen molar-refractivity contribution in [2.24, 2.45) is 0 Å². The van der Waals surface area contributed by atoms with E-state index in [9.17, 15) is 18.0 Å². The lowest BCUT2D eigenvalue weighted by atomic mass is 10.1. The summed E-state index contributed by atoms with van der Waals surface area (Å²) in [5, 5.41) is 0.759. The molecule has 0 aliphatic heterocycles. The fraction of sp³-hybridized carbons (Fsp3) is 0.333. The predicted octanol–water partition coefficient (Wildman–Crippen LogP) is 4.11. The number of hydrogen-bond acceptors (Lipinski definition) is 6. The van der Waals surface area contributed by atoms with Crippen LogP contribution in [0.5, 0.6) is 5.75 Å². The number of benzene rings is 2. The minimum absolute atomic E-state index is 0.0805. The highest BCUT2D eigenvalue weighted by atomic mass is 32.2. The van der Waals surface area contributed by atoms with Gasteiger partial charge < -0.3 is 9.15 Å². The van der Waals surface area contributed by atoms with Crippen LogP contribution >= 0.6 is 0 Å². The van der Waals surface area contributed by atoms with Crippen molar-refractivity contribution in [1.29, 1.82) is 0 Å². The average Bonchev–Trinajstić information content (AvgIpc) is 2.75. The van der Waals surface area contributed by atoms with Crippen LogP contribution in [0.25, 0.3) is 11.0 Å². The van der Waals surface area contributed by atoms with Crippen molar-refractivity contribution in [2.45, 2.75) is 57.4 Å². The summed E-state index contributed by atoms with van der Waals surface area (Å²) < 4.78 is 38.8. The molecule has 1 heterocycles. The largest absolute Gasteiger partial charge is 0.425 e. The topological polar surface area (TPSA) is 103 Å². The molecule has 1 N–H and O–H groups in total. The van der Waals surface area contributed by atoms with E-state index in [0.717, 1.165) is 22.9 Å². The van der Waals surface area contributed by atoms with E-state index < -0.39 is 27.7 Å².